The molecule has 4 rings (SSSR count). The predicted molar refractivity (Wildman–Crippen MR) is 104 cm³/mol. The van der Waals surface area contributed by atoms with Gasteiger partial charge in [-0.1, -0.05) is 23.2 Å². The van der Waals surface area contributed by atoms with Crippen molar-refractivity contribution in [2.24, 2.45) is 0 Å². The fourth-order valence-corrected chi connectivity index (χ4v) is 4.83. The molecule has 28 heavy (non-hydrogen) atoms. The summed E-state index contributed by atoms with van der Waals surface area (Å²) in [6, 6.07) is 4.95. The van der Waals surface area contributed by atoms with Crippen molar-refractivity contribution >= 4 is 43.2 Å². The van der Waals surface area contributed by atoms with Gasteiger partial charge in [-0.3, -0.25) is 23.4 Å². The van der Waals surface area contributed by atoms with Crippen LogP contribution < -0.4 is 10.1 Å². The zero-order valence-electron chi connectivity index (χ0n) is 14.3. The van der Waals surface area contributed by atoms with E-state index in [-0.39, 0.29) is 29.1 Å². The average molecular weight is 465 g/mol. The molecule has 8 nitrogen and oxygen atoms in total. The van der Waals surface area contributed by atoms with Gasteiger partial charge in [0.2, 0.25) is 0 Å². The van der Waals surface area contributed by atoms with E-state index in [2.05, 4.69) is 4.98 Å². The molecule has 0 radical (unpaired) electrons. The van der Waals surface area contributed by atoms with Crippen LogP contribution in [0.25, 0.3) is 0 Å². The Balaban J connectivity index is 1.38. The third-order valence-corrected chi connectivity index (χ3v) is 6.50. The fourth-order valence-electron chi connectivity index (χ4n) is 2.97. The fraction of sp³-hybridized carbons (Fsp3) is 0.375. The minimum absolute atomic E-state index is 0.0150. The number of nitrogens with one attached hydrogen (secondary N) is 1. The topological polar surface area (TPSA) is 91.8 Å². The third kappa shape index (κ3) is 4.21. The van der Waals surface area contributed by atoms with Crippen molar-refractivity contribution in [3.05, 3.63) is 55.1 Å². The van der Waals surface area contributed by atoms with Crippen molar-refractivity contribution in [2.75, 3.05) is 6.61 Å². The number of aromatic nitrogens is 2. The van der Waals surface area contributed by atoms with E-state index in [1.54, 1.807) is 22.8 Å². The summed E-state index contributed by atoms with van der Waals surface area (Å²) in [7, 11) is -3.75. The van der Waals surface area contributed by atoms with Gasteiger partial charge >= 0.3 is 7.82 Å². The number of phosphoric acid groups is 1. The van der Waals surface area contributed by atoms with Gasteiger partial charge in [0.15, 0.2) is 4.77 Å². The highest BCUT2D eigenvalue weighted by atomic mass is 35.5. The van der Waals surface area contributed by atoms with Crippen molar-refractivity contribution in [3.8, 4) is 5.75 Å². The number of halogens is 2. The molecule has 0 aliphatic carbocycles. The van der Waals surface area contributed by atoms with E-state index in [4.69, 9.17) is 53.7 Å². The lowest BCUT2D eigenvalue weighted by atomic mass is 10.2. The third-order valence-electron chi connectivity index (χ3n) is 4.35. The van der Waals surface area contributed by atoms with Crippen molar-refractivity contribution in [1.29, 1.82) is 0 Å². The molecule has 1 N–H and O–H groups in total. The molecule has 3 unspecified atom stereocenters. The number of H-pyrrole nitrogens is 1. The first-order valence-corrected chi connectivity index (χ1v) is 11.0. The van der Waals surface area contributed by atoms with Crippen LogP contribution in [0.15, 0.2) is 29.2 Å². The van der Waals surface area contributed by atoms with Crippen molar-refractivity contribution in [1.82, 2.24) is 9.55 Å². The van der Waals surface area contributed by atoms with Crippen LogP contribution in [0.5, 0.6) is 5.75 Å². The number of hydrogen-bond donors (Lipinski definition) is 1. The molecule has 0 spiro atoms. The summed E-state index contributed by atoms with van der Waals surface area (Å²) >= 11 is 16.9. The second-order valence-electron chi connectivity index (χ2n) is 6.29. The summed E-state index contributed by atoms with van der Waals surface area (Å²) in [6.07, 6.45) is 1.94. The maximum Gasteiger partial charge on any atom is 0.530 e. The lowest BCUT2D eigenvalue weighted by molar-refractivity contribution is -0.0255. The highest BCUT2D eigenvalue weighted by molar-refractivity contribution is 7.71. The Hall–Kier alpha value is -1.19. The molecule has 1 fully saturated rings. The molecular formula is C16H15Cl2N2O6PS. The molecular weight excluding hydrogens is 450 g/mol. The SMILES string of the molecule is O=c1[nH]c(=S)n(C2CCC(COP3(=O)OCc4cc(Cl)ccc4O3)O2)cc1Cl. The summed E-state index contributed by atoms with van der Waals surface area (Å²) in [6.45, 7) is 0.0907. The molecule has 1 aromatic carbocycles. The molecule has 3 heterocycles. The van der Waals surface area contributed by atoms with Crippen LogP contribution in [-0.2, 0) is 25.0 Å². The number of nitrogens with zero attached hydrogens (tertiary/aromatic N) is 1. The van der Waals surface area contributed by atoms with Gasteiger partial charge in [0.1, 0.15) is 17.0 Å². The van der Waals surface area contributed by atoms with Crippen molar-refractivity contribution in [2.45, 2.75) is 31.8 Å². The van der Waals surface area contributed by atoms with E-state index in [1.165, 1.54) is 6.20 Å². The maximum absolute atomic E-state index is 12.7. The average Bonchev–Trinajstić information content (AvgIpc) is 3.12. The summed E-state index contributed by atoms with van der Waals surface area (Å²) in [4.78, 5) is 14.0. The number of benzene rings is 1. The Kier molecular flexibility index (Phi) is 5.68. The van der Waals surface area contributed by atoms with E-state index in [0.717, 1.165) is 0 Å². The van der Waals surface area contributed by atoms with Gasteiger partial charge in [-0.25, -0.2) is 4.57 Å². The van der Waals surface area contributed by atoms with Gasteiger partial charge in [-0.05, 0) is 43.3 Å². The Bertz CT molecular complexity index is 1070. The van der Waals surface area contributed by atoms with Gasteiger partial charge in [-0.2, -0.15) is 0 Å². The molecule has 2 aliphatic rings. The number of fused-ring (bicyclic) bond motifs is 1. The highest BCUT2D eigenvalue weighted by Crippen LogP contribution is 2.55. The van der Waals surface area contributed by atoms with Crippen LogP contribution in [0.4, 0.5) is 0 Å². The molecule has 0 bridgehead atoms. The van der Waals surface area contributed by atoms with E-state index in [0.29, 0.717) is 29.2 Å². The van der Waals surface area contributed by atoms with Crippen molar-refractivity contribution in [3.63, 3.8) is 0 Å². The van der Waals surface area contributed by atoms with Crippen LogP contribution in [0, 0.1) is 4.77 Å². The largest absolute Gasteiger partial charge is 0.530 e. The minimum atomic E-state index is -3.75. The molecule has 2 aromatic rings. The predicted octanol–water partition coefficient (Wildman–Crippen LogP) is 4.62. The minimum Gasteiger partial charge on any atom is -0.404 e. The number of aromatic amines is 1. The molecule has 0 amide bonds. The molecule has 2 aliphatic heterocycles. The van der Waals surface area contributed by atoms with Gasteiger partial charge in [0.25, 0.3) is 5.56 Å². The van der Waals surface area contributed by atoms with E-state index < -0.39 is 19.6 Å². The monoisotopic (exact) mass is 464 g/mol. The number of phosphoric ester groups is 1. The van der Waals surface area contributed by atoms with Crippen LogP contribution in [0.2, 0.25) is 10.0 Å². The van der Waals surface area contributed by atoms with Gasteiger partial charge in [-0.15, -0.1) is 0 Å². The first kappa shape index (κ1) is 20.1. The maximum atomic E-state index is 12.7. The van der Waals surface area contributed by atoms with Gasteiger partial charge in [0.05, 0.1) is 19.3 Å². The Labute approximate surface area is 174 Å². The number of ether oxygens (including phenoxy) is 1. The molecule has 3 atom stereocenters. The molecule has 1 aromatic heterocycles. The zero-order chi connectivity index (χ0) is 19.9. The lowest BCUT2D eigenvalue weighted by Gasteiger charge is -2.25. The summed E-state index contributed by atoms with van der Waals surface area (Å²) in [5.41, 5.74) is 0.246. The molecule has 150 valence electrons. The van der Waals surface area contributed by atoms with E-state index in [9.17, 15) is 9.36 Å². The van der Waals surface area contributed by atoms with Crippen LogP contribution >= 0.6 is 43.2 Å². The van der Waals surface area contributed by atoms with Crippen LogP contribution in [-0.4, -0.2) is 22.3 Å². The summed E-state index contributed by atoms with van der Waals surface area (Å²) in [5, 5.41) is 0.555. The molecule has 12 heteroatoms. The quantitative estimate of drug-likeness (QED) is 0.520. The first-order valence-electron chi connectivity index (χ1n) is 8.36. The number of hydrogen-bond acceptors (Lipinski definition) is 7. The van der Waals surface area contributed by atoms with Crippen LogP contribution in [0.3, 0.4) is 0 Å². The zero-order valence-corrected chi connectivity index (χ0v) is 17.5. The first-order chi connectivity index (χ1) is 13.3. The van der Waals surface area contributed by atoms with Gasteiger partial charge < -0.3 is 9.26 Å². The standard InChI is InChI=1S/C16H15Cl2N2O6PS/c17-10-1-3-13-9(5-10)7-23-27(22,26-13)24-8-11-2-4-14(25-11)20-6-12(18)15(21)19-16(20)28/h1,3,5-6,11,14H,2,4,7-8H2,(H,19,21,28). The van der Waals surface area contributed by atoms with E-state index in [1.807, 2.05) is 0 Å². The molecule has 0 saturated carbocycles. The molecule has 1 saturated heterocycles. The van der Waals surface area contributed by atoms with Crippen molar-refractivity contribution < 1.29 is 22.9 Å². The Morgan fingerprint density at radius 2 is 2.18 bits per heavy atom. The van der Waals surface area contributed by atoms with Crippen LogP contribution in [0.1, 0.15) is 24.6 Å². The Morgan fingerprint density at radius 3 is 3.00 bits per heavy atom. The smallest absolute Gasteiger partial charge is 0.404 e. The second kappa shape index (κ2) is 7.91. The summed E-state index contributed by atoms with van der Waals surface area (Å²) in [5.74, 6) is 0.415. The summed E-state index contributed by atoms with van der Waals surface area (Å²) < 4.78 is 36.5. The second-order valence-corrected chi connectivity index (χ2v) is 9.12. The Morgan fingerprint density at radius 1 is 1.36 bits per heavy atom. The van der Waals surface area contributed by atoms with Gasteiger partial charge in [0, 0.05) is 16.8 Å². The highest BCUT2D eigenvalue weighted by Gasteiger charge is 2.37. The van der Waals surface area contributed by atoms with E-state index >= 15 is 0 Å². The number of rotatable bonds is 4. The normalized spacial score (nSPS) is 26.6. The lowest BCUT2D eigenvalue weighted by Crippen LogP contribution is -2.20.